The molecular formula is C16H21N3O2S. The highest BCUT2D eigenvalue weighted by Gasteiger charge is 2.12. The third kappa shape index (κ3) is 4.61. The van der Waals surface area contributed by atoms with Crippen molar-refractivity contribution in [3.05, 3.63) is 54.1 Å². The molecule has 1 atom stereocenters. The average Bonchev–Trinajstić information content (AvgIpc) is 2.48. The summed E-state index contributed by atoms with van der Waals surface area (Å²) in [7, 11) is -1.09. The van der Waals surface area contributed by atoms with E-state index in [9.17, 15) is 8.42 Å². The molecule has 22 heavy (non-hydrogen) atoms. The molecule has 0 spiro atoms. The minimum atomic E-state index is -3.13. The molecule has 0 saturated carbocycles. The summed E-state index contributed by atoms with van der Waals surface area (Å²) in [5, 5.41) is 0. The van der Waals surface area contributed by atoms with E-state index in [1.165, 1.54) is 6.26 Å². The Bertz CT molecular complexity index is 700. The molecule has 0 N–H and O–H groups in total. The number of hydrogen-bond acceptors (Lipinski definition) is 5. The molecule has 0 aliphatic carbocycles. The van der Waals surface area contributed by atoms with Gasteiger partial charge in [-0.2, -0.15) is 0 Å². The van der Waals surface area contributed by atoms with E-state index in [0.717, 1.165) is 24.2 Å². The number of rotatable bonds is 6. The molecule has 0 amide bonds. The maximum absolute atomic E-state index is 11.5. The van der Waals surface area contributed by atoms with Gasteiger partial charge in [-0.25, -0.2) is 8.42 Å². The molecular weight excluding hydrogens is 298 g/mol. The minimum absolute atomic E-state index is 0.311. The van der Waals surface area contributed by atoms with Gasteiger partial charge < -0.3 is 0 Å². The first-order valence-corrected chi connectivity index (χ1v) is 8.99. The van der Waals surface area contributed by atoms with Crippen LogP contribution < -0.4 is 0 Å². The fourth-order valence-electron chi connectivity index (χ4n) is 2.18. The van der Waals surface area contributed by atoms with Crippen molar-refractivity contribution in [2.24, 2.45) is 0 Å². The summed E-state index contributed by atoms with van der Waals surface area (Å²) in [5.41, 5.74) is 2.05. The first kappa shape index (κ1) is 16.6. The van der Waals surface area contributed by atoms with Crippen LogP contribution in [-0.4, -0.2) is 42.6 Å². The van der Waals surface area contributed by atoms with E-state index in [-0.39, 0.29) is 0 Å². The summed E-state index contributed by atoms with van der Waals surface area (Å²) in [5.74, 6) is 0. The quantitative estimate of drug-likeness (QED) is 0.814. The monoisotopic (exact) mass is 319 g/mol. The fourth-order valence-corrected chi connectivity index (χ4v) is 2.81. The number of hydrogen-bond donors (Lipinski definition) is 0. The van der Waals surface area contributed by atoms with Gasteiger partial charge in [-0.1, -0.05) is 12.1 Å². The molecule has 0 aliphatic rings. The highest BCUT2D eigenvalue weighted by atomic mass is 32.2. The van der Waals surface area contributed by atoms with E-state index >= 15 is 0 Å². The fraction of sp³-hybridized carbons (Fsp3) is 0.375. The average molecular weight is 319 g/mol. The zero-order valence-corrected chi connectivity index (χ0v) is 13.9. The lowest BCUT2D eigenvalue weighted by Gasteiger charge is -2.24. The summed E-state index contributed by atoms with van der Waals surface area (Å²) in [6, 6.07) is 7.35. The van der Waals surface area contributed by atoms with Crippen molar-refractivity contribution >= 4 is 9.84 Å². The van der Waals surface area contributed by atoms with Crippen LogP contribution in [0.15, 0.2) is 47.8 Å². The SMILES string of the molecule is C[C@H](Cc1cnccn1)N(C)Cc1ccc(S(C)(=O)=O)cc1. The number of nitrogens with zero attached hydrogens (tertiary/aromatic N) is 3. The van der Waals surface area contributed by atoms with Crippen LogP contribution in [0.1, 0.15) is 18.2 Å². The molecule has 0 saturated heterocycles. The van der Waals surface area contributed by atoms with Gasteiger partial charge in [0.2, 0.25) is 0 Å². The third-order valence-corrected chi connectivity index (χ3v) is 4.79. The van der Waals surface area contributed by atoms with Crippen LogP contribution in [0.3, 0.4) is 0 Å². The molecule has 2 rings (SSSR count). The van der Waals surface area contributed by atoms with Gasteiger partial charge in [-0.3, -0.25) is 14.9 Å². The topological polar surface area (TPSA) is 63.2 Å². The molecule has 5 nitrogen and oxygen atoms in total. The van der Waals surface area contributed by atoms with Crippen LogP contribution in [0.25, 0.3) is 0 Å². The van der Waals surface area contributed by atoms with Crippen molar-refractivity contribution in [2.75, 3.05) is 13.3 Å². The molecule has 118 valence electrons. The highest BCUT2D eigenvalue weighted by Crippen LogP contribution is 2.13. The smallest absolute Gasteiger partial charge is 0.175 e. The second-order valence-corrected chi connectivity index (χ2v) is 7.60. The molecule has 0 fully saturated rings. The molecule has 1 aromatic carbocycles. The number of likely N-dealkylation sites (N-methyl/N-ethyl adjacent to an activating group) is 1. The maximum Gasteiger partial charge on any atom is 0.175 e. The Kier molecular flexibility index (Phi) is 5.26. The lowest BCUT2D eigenvalue weighted by molar-refractivity contribution is 0.246. The lowest BCUT2D eigenvalue weighted by atomic mass is 10.1. The van der Waals surface area contributed by atoms with Crippen LogP contribution in [0.2, 0.25) is 0 Å². The second-order valence-electron chi connectivity index (χ2n) is 5.58. The largest absolute Gasteiger partial charge is 0.299 e. The van der Waals surface area contributed by atoms with E-state index < -0.39 is 9.84 Å². The highest BCUT2D eigenvalue weighted by molar-refractivity contribution is 7.90. The van der Waals surface area contributed by atoms with Gasteiger partial charge in [0.15, 0.2) is 9.84 Å². The summed E-state index contributed by atoms with van der Waals surface area (Å²) in [4.78, 5) is 10.9. The molecule has 1 aromatic heterocycles. The maximum atomic E-state index is 11.5. The lowest BCUT2D eigenvalue weighted by Crippen LogP contribution is -2.30. The number of benzene rings is 1. The zero-order valence-electron chi connectivity index (χ0n) is 13.1. The molecule has 0 unspecified atom stereocenters. The Hall–Kier alpha value is -1.79. The summed E-state index contributed by atoms with van der Waals surface area (Å²) in [6.45, 7) is 2.89. The van der Waals surface area contributed by atoms with Crippen LogP contribution in [-0.2, 0) is 22.8 Å². The van der Waals surface area contributed by atoms with Crippen molar-refractivity contribution in [3.63, 3.8) is 0 Å². The molecule has 6 heteroatoms. The minimum Gasteiger partial charge on any atom is -0.299 e. The van der Waals surface area contributed by atoms with Gasteiger partial charge in [0.25, 0.3) is 0 Å². The summed E-state index contributed by atoms with van der Waals surface area (Å²) < 4.78 is 22.9. The Labute approximate surface area is 132 Å². The van der Waals surface area contributed by atoms with Crippen molar-refractivity contribution in [2.45, 2.75) is 30.8 Å². The Morgan fingerprint density at radius 2 is 1.86 bits per heavy atom. The molecule has 1 heterocycles. The van der Waals surface area contributed by atoms with Crippen LogP contribution >= 0.6 is 0 Å². The van der Waals surface area contributed by atoms with Gasteiger partial charge in [-0.05, 0) is 31.7 Å². The van der Waals surface area contributed by atoms with E-state index in [0.29, 0.717) is 10.9 Å². The third-order valence-electron chi connectivity index (χ3n) is 3.66. The summed E-state index contributed by atoms with van der Waals surface area (Å²) in [6.07, 6.45) is 7.20. The van der Waals surface area contributed by atoms with E-state index in [1.54, 1.807) is 30.7 Å². The molecule has 0 radical (unpaired) electrons. The predicted molar refractivity (Wildman–Crippen MR) is 86.2 cm³/mol. The zero-order chi connectivity index (χ0) is 16.2. The van der Waals surface area contributed by atoms with Gasteiger partial charge in [-0.15, -0.1) is 0 Å². The van der Waals surface area contributed by atoms with Gasteiger partial charge >= 0.3 is 0 Å². The van der Waals surface area contributed by atoms with Gasteiger partial charge in [0.05, 0.1) is 10.6 Å². The van der Waals surface area contributed by atoms with E-state index in [2.05, 4.69) is 21.8 Å². The van der Waals surface area contributed by atoms with E-state index in [4.69, 9.17) is 0 Å². The Morgan fingerprint density at radius 3 is 2.41 bits per heavy atom. The predicted octanol–water partition coefficient (Wildman–Crippen LogP) is 1.94. The first-order chi connectivity index (χ1) is 10.4. The molecule has 0 bridgehead atoms. The number of aromatic nitrogens is 2. The summed E-state index contributed by atoms with van der Waals surface area (Å²) >= 11 is 0. The van der Waals surface area contributed by atoms with Crippen molar-refractivity contribution in [3.8, 4) is 0 Å². The standard InChI is InChI=1S/C16H21N3O2S/c1-13(10-15-11-17-8-9-18-15)19(2)12-14-4-6-16(7-5-14)22(3,20)21/h4-9,11,13H,10,12H2,1-3H3/t13-/m1/s1. The second kappa shape index (κ2) is 6.98. The van der Waals surface area contributed by atoms with Crippen LogP contribution in [0.4, 0.5) is 0 Å². The van der Waals surface area contributed by atoms with Gasteiger partial charge in [0.1, 0.15) is 0 Å². The Balaban J connectivity index is 1.98. The molecule has 2 aromatic rings. The van der Waals surface area contributed by atoms with Crippen molar-refractivity contribution in [1.29, 1.82) is 0 Å². The number of sulfone groups is 1. The first-order valence-electron chi connectivity index (χ1n) is 7.10. The van der Waals surface area contributed by atoms with E-state index in [1.807, 2.05) is 19.2 Å². The van der Waals surface area contributed by atoms with Crippen molar-refractivity contribution in [1.82, 2.24) is 14.9 Å². The normalized spacial score (nSPS) is 13.3. The van der Waals surface area contributed by atoms with Crippen molar-refractivity contribution < 1.29 is 8.42 Å². The van der Waals surface area contributed by atoms with Crippen LogP contribution in [0, 0.1) is 0 Å². The van der Waals surface area contributed by atoms with Crippen LogP contribution in [0.5, 0.6) is 0 Å². The van der Waals surface area contributed by atoms with Gasteiger partial charge in [0, 0.05) is 43.9 Å². The Morgan fingerprint density at radius 1 is 1.18 bits per heavy atom. The molecule has 0 aliphatic heterocycles.